The van der Waals surface area contributed by atoms with Gasteiger partial charge < -0.3 is 9.73 Å². The van der Waals surface area contributed by atoms with Gasteiger partial charge in [0.05, 0.1) is 13.1 Å². The number of carbonyl (C=O) groups is 1. The zero-order chi connectivity index (χ0) is 17.9. The van der Waals surface area contributed by atoms with Crippen LogP contribution >= 0.6 is 15.9 Å². The van der Waals surface area contributed by atoms with Crippen LogP contribution in [0.5, 0.6) is 0 Å². The quantitative estimate of drug-likeness (QED) is 0.770. The number of aromatic nitrogens is 2. The van der Waals surface area contributed by atoms with Gasteiger partial charge >= 0.3 is 0 Å². The zero-order valence-electron chi connectivity index (χ0n) is 14.5. The van der Waals surface area contributed by atoms with E-state index in [1.807, 2.05) is 24.3 Å². The number of nitrogens with zero attached hydrogens (tertiary/aromatic N) is 4. The summed E-state index contributed by atoms with van der Waals surface area (Å²) < 4.78 is 6.82. The molecular formula is C18H22BrN5O2. The van der Waals surface area contributed by atoms with E-state index in [2.05, 4.69) is 41.2 Å². The first-order valence-corrected chi connectivity index (χ1v) is 9.77. The van der Waals surface area contributed by atoms with Gasteiger partial charge in [0.15, 0.2) is 0 Å². The minimum absolute atomic E-state index is 0.150. The van der Waals surface area contributed by atoms with Crippen molar-refractivity contribution in [3.63, 3.8) is 0 Å². The first-order valence-electron chi connectivity index (χ1n) is 8.98. The van der Waals surface area contributed by atoms with Crippen molar-refractivity contribution < 1.29 is 9.21 Å². The molecule has 4 rings (SSSR count). The Labute approximate surface area is 160 Å². The van der Waals surface area contributed by atoms with Gasteiger partial charge in [-0.05, 0) is 37.1 Å². The standard InChI is InChI=1S/C18H22BrN5O2/c19-14-3-1-13(2-4-14)18-22-21-17(26-18)12-24-9-7-23(8-10-24)11-16(25)20-15-5-6-15/h1-4,15H,5-12H2,(H,20,25). The molecule has 2 fully saturated rings. The summed E-state index contributed by atoms with van der Waals surface area (Å²) >= 11 is 3.42. The first-order chi connectivity index (χ1) is 12.7. The third-order valence-corrected chi connectivity index (χ3v) is 5.22. The molecule has 138 valence electrons. The molecule has 1 saturated heterocycles. The number of benzene rings is 1. The molecule has 0 unspecified atom stereocenters. The predicted molar refractivity (Wildman–Crippen MR) is 100 cm³/mol. The smallest absolute Gasteiger partial charge is 0.247 e. The maximum Gasteiger partial charge on any atom is 0.247 e. The average molecular weight is 420 g/mol. The fourth-order valence-electron chi connectivity index (χ4n) is 3.03. The van der Waals surface area contributed by atoms with Crippen LogP contribution < -0.4 is 5.32 Å². The summed E-state index contributed by atoms with van der Waals surface area (Å²) in [7, 11) is 0. The molecule has 2 aliphatic rings. The molecular weight excluding hydrogens is 398 g/mol. The minimum Gasteiger partial charge on any atom is -0.419 e. The first kappa shape index (κ1) is 17.6. The lowest BCUT2D eigenvalue weighted by atomic mass is 10.2. The topological polar surface area (TPSA) is 74.5 Å². The predicted octanol–water partition coefficient (Wildman–Crippen LogP) is 1.90. The summed E-state index contributed by atoms with van der Waals surface area (Å²) in [6, 6.07) is 8.25. The van der Waals surface area contributed by atoms with E-state index in [0.29, 0.717) is 30.9 Å². The highest BCUT2D eigenvalue weighted by Crippen LogP contribution is 2.21. The van der Waals surface area contributed by atoms with Crippen LogP contribution in [0.3, 0.4) is 0 Å². The van der Waals surface area contributed by atoms with Gasteiger partial charge in [-0.2, -0.15) is 0 Å². The van der Waals surface area contributed by atoms with E-state index in [4.69, 9.17) is 4.42 Å². The lowest BCUT2D eigenvalue weighted by molar-refractivity contribution is -0.122. The van der Waals surface area contributed by atoms with Crippen LogP contribution in [0, 0.1) is 0 Å². The van der Waals surface area contributed by atoms with Gasteiger partial charge in [0, 0.05) is 42.3 Å². The van der Waals surface area contributed by atoms with E-state index in [0.717, 1.165) is 49.1 Å². The summed E-state index contributed by atoms with van der Waals surface area (Å²) in [5.74, 6) is 1.32. The monoisotopic (exact) mass is 419 g/mol. The van der Waals surface area contributed by atoms with Gasteiger partial charge in [0.2, 0.25) is 17.7 Å². The number of carbonyl (C=O) groups excluding carboxylic acids is 1. The van der Waals surface area contributed by atoms with Crippen molar-refractivity contribution in [3.05, 3.63) is 34.6 Å². The molecule has 2 heterocycles. The van der Waals surface area contributed by atoms with Crippen LogP contribution in [-0.2, 0) is 11.3 Å². The summed E-state index contributed by atoms with van der Waals surface area (Å²) in [4.78, 5) is 16.4. The number of rotatable bonds is 6. The van der Waals surface area contributed by atoms with Crippen molar-refractivity contribution in [1.29, 1.82) is 0 Å². The molecule has 1 amide bonds. The van der Waals surface area contributed by atoms with Crippen molar-refractivity contribution >= 4 is 21.8 Å². The molecule has 0 radical (unpaired) electrons. The summed E-state index contributed by atoms with van der Waals surface area (Å²) in [5.41, 5.74) is 0.915. The molecule has 1 aromatic carbocycles. The van der Waals surface area contributed by atoms with Gasteiger partial charge in [-0.25, -0.2) is 0 Å². The number of hydrogen-bond donors (Lipinski definition) is 1. The fourth-order valence-corrected chi connectivity index (χ4v) is 3.29. The van der Waals surface area contributed by atoms with Gasteiger partial charge in [0.1, 0.15) is 0 Å². The second-order valence-electron chi connectivity index (χ2n) is 6.90. The van der Waals surface area contributed by atoms with Crippen LogP contribution in [0.4, 0.5) is 0 Å². The lowest BCUT2D eigenvalue weighted by Crippen LogP contribution is -2.49. The van der Waals surface area contributed by atoms with Gasteiger partial charge in [-0.15, -0.1) is 10.2 Å². The third-order valence-electron chi connectivity index (χ3n) is 4.69. The Morgan fingerprint density at radius 3 is 2.50 bits per heavy atom. The number of piperazine rings is 1. The molecule has 2 aromatic rings. The number of nitrogens with one attached hydrogen (secondary N) is 1. The maximum absolute atomic E-state index is 11.9. The van der Waals surface area contributed by atoms with Crippen molar-refractivity contribution in [2.24, 2.45) is 0 Å². The van der Waals surface area contributed by atoms with Crippen molar-refractivity contribution in [2.45, 2.75) is 25.4 Å². The van der Waals surface area contributed by atoms with E-state index in [-0.39, 0.29) is 5.91 Å². The van der Waals surface area contributed by atoms with Crippen molar-refractivity contribution in [3.8, 4) is 11.5 Å². The van der Waals surface area contributed by atoms with E-state index >= 15 is 0 Å². The van der Waals surface area contributed by atoms with Crippen LogP contribution in [0.15, 0.2) is 33.2 Å². The molecule has 1 aliphatic heterocycles. The number of amides is 1. The van der Waals surface area contributed by atoms with E-state index in [9.17, 15) is 4.79 Å². The molecule has 26 heavy (non-hydrogen) atoms. The molecule has 0 atom stereocenters. The molecule has 1 aromatic heterocycles. The molecule has 1 saturated carbocycles. The Morgan fingerprint density at radius 1 is 1.12 bits per heavy atom. The van der Waals surface area contributed by atoms with Gasteiger partial charge in [-0.3, -0.25) is 14.6 Å². The van der Waals surface area contributed by atoms with Crippen molar-refractivity contribution in [2.75, 3.05) is 32.7 Å². The second-order valence-corrected chi connectivity index (χ2v) is 7.82. The van der Waals surface area contributed by atoms with Crippen LogP contribution in [-0.4, -0.2) is 64.7 Å². The Balaban J connectivity index is 1.25. The summed E-state index contributed by atoms with van der Waals surface area (Å²) in [6.45, 7) is 4.70. The van der Waals surface area contributed by atoms with Crippen LogP contribution in [0.25, 0.3) is 11.5 Å². The highest BCUT2D eigenvalue weighted by molar-refractivity contribution is 9.10. The van der Waals surface area contributed by atoms with Gasteiger partial charge in [0.25, 0.3) is 0 Å². The van der Waals surface area contributed by atoms with Crippen LogP contribution in [0.1, 0.15) is 18.7 Å². The summed E-state index contributed by atoms with van der Waals surface area (Å²) in [5, 5.41) is 11.4. The minimum atomic E-state index is 0.150. The number of halogens is 1. The Kier molecular flexibility index (Phi) is 5.33. The van der Waals surface area contributed by atoms with Crippen molar-refractivity contribution in [1.82, 2.24) is 25.3 Å². The number of hydrogen-bond acceptors (Lipinski definition) is 6. The SMILES string of the molecule is O=C(CN1CCN(Cc2nnc(-c3ccc(Br)cc3)o2)CC1)NC1CC1. The Bertz CT molecular complexity index is 751. The highest BCUT2D eigenvalue weighted by Gasteiger charge is 2.25. The molecule has 0 spiro atoms. The van der Waals surface area contributed by atoms with E-state index < -0.39 is 0 Å². The third kappa shape index (κ3) is 4.69. The van der Waals surface area contributed by atoms with E-state index in [1.165, 1.54) is 0 Å². The molecule has 7 nitrogen and oxygen atoms in total. The van der Waals surface area contributed by atoms with E-state index in [1.54, 1.807) is 0 Å². The molecule has 8 heteroatoms. The molecule has 0 bridgehead atoms. The zero-order valence-corrected chi connectivity index (χ0v) is 16.1. The largest absolute Gasteiger partial charge is 0.419 e. The second kappa shape index (κ2) is 7.85. The lowest BCUT2D eigenvalue weighted by Gasteiger charge is -2.33. The van der Waals surface area contributed by atoms with Crippen LogP contribution in [0.2, 0.25) is 0 Å². The maximum atomic E-state index is 11.9. The fraction of sp³-hybridized carbons (Fsp3) is 0.500. The van der Waals surface area contributed by atoms with Gasteiger partial charge in [-0.1, -0.05) is 15.9 Å². The molecule has 1 N–H and O–H groups in total. The Hall–Kier alpha value is -1.77. The molecule has 1 aliphatic carbocycles. The average Bonchev–Trinajstić information content (AvgIpc) is 3.32. The highest BCUT2D eigenvalue weighted by atomic mass is 79.9. The Morgan fingerprint density at radius 2 is 1.81 bits per heavy atom. The summed E-state index contributed by atoms with van der Waals surface area (Å²) in [6.07, 6.45) is 2.26. The normalized spacial score (nSPS) is 18.8.